The average Bonchev–Trinajstić information content (AvgIpc) is 2.12. The summed E-state index contributed by atoms with van der Waals surface area (Å²) in [7, 11) is 0. The van der Waals surface area contributed by atoms with Crippen LogP contribution in [-0.4, -0.2) is 9.97 Å². The van der Waals surface area contributed by atoms with Crippen LogP contribution in [0, 0.1) is 6.92 Å². The van der Waals surface area contributed by atoms with Gasteiger partial charge in [0.2, 0.25) is 0 Å². The molecule has 4 nitrogen and oxygen atoms in total. The maximum Gasteiger partial charge on any atom is 0.114 e. The maximum atomic E-state index is 5.74. The molecule has 1 aromatic carbocycles. The number of benzene rings is 1. The van der Waals surface area contributed by atoms with E-state index in [0.29, 0.717) is 16.9 Å². The third-order valence-electron chi connectivity index (χ3n) is 1.91. The summed E-state index contributed by atoms with van der Waals surface area (Å²) >= 11 is 0. The molecule has 0 amide bonds. The summed E-state index contributed by atoms with van der Waals surface area (Å²) in [5, 5.41) is 0. The lowest BCUT2D eigenvalue weighted by Gasteiger charge is -2.03. The third-order valence-corrected chi connectivity index (χ3v) is 1.91. The highest BCUT2D eigenvalue weighted by Crippen LogP contribution is 2.22. The molecule has 1 heterocycles. The van der Waals surface area contributed by atoms with E-state index in [4.69, 9.17) is 11.5 Å². The molecule has 0 unspecified atom stereocenters. The van der Waals surface area contributed by atoms with Gasteiger partial charge in [-0.05, 0) is 19.1 Å². The fourth-order valence-corrected chi connectivity index (χ4v) is 1.21. The van der Waals surface area contributed by atoms with Gasteiger partial charge in [0.1, 0.15) is 5.52 Å². The zero-order valence-electron chi connectivity index (χ0n) is 7.28. The van der Waals surface area contributed by atoms with Crippen LogP contribution >= 0.6 is 0 Å². The van der Waals surface area contributed by atoms with Crippen molar-refractivity contribution in [2.75, 3.05) is 11.5 Å². The molecule has 0 fully saturated rings. The summed E-state index contributed by atoms with van der Waals surface area (Å²) in [5.74, 6) is 0. The van der Waals surface area contributed by atoms with Crippen LogP contribution in [0.25, 0.3) is 11.0 Å². The molecule has 1 aromatic heterocycles. The predicted molar refractivity (Wildman–Crippen MR) is 59.8 cm³/mol. The van der Waals surface area contributed by atoms with Crippen LogP contribution in [0.15, 0.2) is 18.3 Å². The Labute approximate surface area is 83.0 Å². The van der Waals surface area contributed by atoms with Crippen LogP contribution in [-0.2, 0) is 0 Å². The molecule has 0 spiro atoms. The summed E-state index contributed by atoms with van der Waals surface area (Å²) in [6, 6.07) is 3.56. The first-order valence-corrected chi connectivity index (χ1v) is 3.96. The van der Waals surface area contributed by atoms with Crippen LogP contribution in [0.1, 0.15) is 13.1 Å². The second-order valence-electron chi connectivity index (χ2n) is 2.95. The largest absolute Gasteiger partial charge is 0.397 e. The molecule has 4 N–H and O–H groups in total. The summed E-state index contributed by atoms with van der Waals surface area (Å²) < 4.78 is 0. The molecule has 4 heteroatoms. The van der Waals surface area contributed by atoms with Gasteiger partial charge in [0, 0.05) is 6.20 Å². The number of aryl methyl sites for hydroxylation is 1. The zero-order chi connectivity index (χ0) is 9.42. The van der Waals surface area contributed by atoms with Gasteiger partial charge in [0.25, 0.3) is 0 Å². The van der Waals surface area contributed by atoms with Crippen LogP contribution in [0.4, 0.5) is 11.4 Å². The number of nitrogen functional groups attached to an aromatic ring is 2. The van der Waals surface area contributed by atoms with Crippen molar-refractivity contribution in [3.05, 3.63) is 24.0 Å². The highest BCUT2D eigenvalue weighted by molar-refractivity contribution is 5.93. The van der Waals surface area contributed by atoms with Crippen molar-refractivity contribution < 1.29 is 0 Å². The highest BCUT2D eigenvalue weighted by Gasteiger charge is 2.03. The van der Waals surface area contributed by atoms with E-state index in [1.165, 1.54) is 0 Å². The van der Waals surface area contributed by atoms with Gasteiger partial charge in [-0.1, -0.05) is 7.43 Å². The first-order valence-electron chi connectivity index (χ1n) is 3.96. The third kappa shape index (κ3) is 1.46. The lowest BCUT2D eigenvalue weighted by atomic mass is 10.2. The second kappa shape index (κ2) is 3.49. The smallest absolute Gasteiger partial charge is 0.114 e. The van der Waals surface area contributed by atoms with E-state index >= 15 is 0 Å². The van der Waals surface area contributed by atoms with E-state index in [0.717, 1.165) is 11.2 Å². The Morgan fingerprint density at radius 3 is 2.64 bits per heavy atom. The Kier molecular flexibility index (Phi) is 2.56. The Morgan fingerprint density at radius 2 is 1.93 bits per heavy atom. The minimum atomic E-state index is 0. The zero-order valence-corrected chi connectivity index (χ0v) is 7.28. The van der Waals surface area contributed by atoms with Crippen molar-refractivity contribution in [2.24, 2.45) is 0 Å². The SMILES string of the molecule is C.Cc1cnc2c(N)c(N)ccc2n1. The van der Waals surface area contributed by atoms with Gasteiger partial charge in [-0.15, -0.1) is 0 Å². The molecule has 0 aliphatic carbocycles. The molecule has 0 radical (unpaired) electrons. The van der Waals surface area contributed by atoms with Crippen molar-refractivity contribution in [1.29, 1.82) is 0 Å². The number of nitrogens with two attached hydrogens (primary N) is 2. The minimum absolute atomic E-state index is 0. The van der Waals surface area contributed by atoms with Crippen molar-refractivity contribution in [3.8, 4) is 0 Å². The molecule has 0 aliphatic heterocycles. The second-order valence-corrected chi connectivity index (χ2v) is 2.95. The number of hydrogen-bond acceptors (Lipinski definition) is 4. The van der Waals surface area contributed by atoms with Gasteiger partial charge < -0.3 is 11.5 Å². The minimum Gasteiger partial charge on any atom is -0.397 e. The Morgan fingerprint density at radius 1 is 1.21 bits per heavy atom. The van der Waals surface area contributed by atoms with E-state index in [-0.39, 0.29) is 7.43 Å². The van der Waals surface area contributed by atoms with Crippen LogP contribution in [0.2, 0.25) is 0 Å². The number of fused-ring (bicyclic) bond motifs is 1. The fourth-order valence-electron chi connectivity index (χ4n) is 1.21. The number of hydrogen-bond donors (Lipinski definition) is 2. The molecule has 14 heavy (non-hydrogen) atoms. The first-order chi connectivity index (χ1) is 6.18. The average molecular weight is 190 g/mol. The molecule has 2 aromatic rings. The number of rotatable bonds is 0. The molecular weight excluding hydrogens is 176 g/mol. The van der Waals surface area contributed by atoms with Crippen molar-refractivity contribution in [1.82, 2.24) is 9.97 Å². The summed E-state index contributed by atoms with van der Waals surface area (Å²) in [5.41, 5.74) is 14.8. The van der Waals surface area contributed by atoms with Gasteiger partial charge in [0.15, 0.2) is 0 Å². The number of anilines is 2. The van der Waals surface area contributed by atoms with Crippen molar-refractivity contribution in [2.45, 2.75) is 14.4 Å². The molecule has 0 aliphatic rings. The maximum absolute atomic E-state index is 5.74. The van der Waals surface area contributed by atoms with Crippen molar-refractivity contribution in [3.63, 3.8) is 0 Å². The highest BCUT2D eigenvalue weighted by atomic mass is 14.8. The van der Waals surface area contributed by atoms with E-state index in [1.54, 1.807) is 12.3 Å². The topological polar surface area (TPSA) is 77.8 Å². The molecule has 74 valence electrons. The Balaban J connectivity index is 0.000000980. The van der Waals surface area contributed by atoms with Gasteiger partial charge in [-0.2, -0.15) is 0 Å². The quantitative estimate of drug-likeness (QED) is 0.620. The fraction of sp³-hybridized carbons (Fsp3) is 0.200. The monoisotopic (exact) mass is 190 g/mol. The number of aromatic nitrogens is 2. The van der Waals surface area contributed by atoms with E-state index < -0.39 is 0 Å². The molecule has 0 atom stereocenters. The van der Waals surface area contributed by atoms with E-state index in [2.05, 4.69) is 9.97 Å². The van der Waals surface area contributed by atoms with E-state index in [1.807, 2.05) is 13.0 Å². The predicted octanol–water partition coefficient (Wildman–Crippen LogP) is 1.74. The number of nitrogens with zero attached hydrogens (tertiary/aromatic N) is 2. The van der Waals surface area contributed by atoms with Gasteiger partial charge >= 0.3 is 0 Å². The molecule has 0 bridgehead atoms. The lowest BCUT2D eigenvalue weighted by Crippen LogP contribution is -1.98. The normalized spacial score (nSPS) is 9.79. The first kappa shape index (κ1) is 10.2. The molecular formula is C10H14N4. The van der Waals surface area contributed by atoms with E-state index in [9.17, 15) is 0 Å². The lowest BCUT2D eigenvalue weighted by molar-refractivity contribution is 1.19. The Hall–Kier alpha value is -1.84. The van der Waals surface area contributed by atoms with Gasteiger partial charge in [-0.25, -0.2) is 4.98 Å². The summed E-state index contributed by atoms with van der Waals surface area (Å²) in [4.78, 5) is 8.45. The van der Waals surface area contributed by atoms with Gasteiger partial charge in [-0.3, -0.25) is 4.98 Å². The standard InChI is InChI=1S/C9H10N4.CH4/c1-5-4-12-9-7(13-5)3-2-6(10)8(9)11;/h2-4H,10-11H2,1H3;1H4. The summed E-state index contributed by atoms with van der Waals surface area (Å²) in [6.45, 7) is 1.89. The molecule has 0 saturated heterocycles. The van der Waals surface area contributed by atoms with Crippen LogP contribution in [0.5, 0.6) is 0 Å². The molecule has 0 saturated carbocycles. The van der Waals surface area contributed by atoms with Gasteiger partial charge in [0.05, 0.1) is 22.6 Å². The van der Waals surface area contributed by atoms with Crippen LogP contribution in [0.3, 0.4) is 0 Å². The van der Waals surface area contributed by atoms with Crippen molar-refractivity contribution >= 4 is 22.4 Å². The summed E-state index contributed by atoms with van der Waals surface area (Å²) in [6.07, 6.45) is 1.68. The molecule has 2 rings (SSSR count). The Bertz CT molecular complexity index is 465. The van der Waals surface area contributed by atoms with Crippen LogP contribution < -0.4 is 11.5 Å².